The molecule has 1 heteroatoms. The minimum absolute atomic E-state index is 0.451. The topological polar surface area (TPSA) is 12.0 Å². The van der Waals surface area contributed by atoms with Gasteiger partial charge < -0.3 is 5.32 Å². The molecule has 0 amide bonds. The van der Waals surface area contributed by atoms with E-state index in [0.717, 1.165) is 6.42 Å². The number of allylic oxidation sites excluding steroid dienone is 2. The van der Waals surface area contributed by atoms with Crippen LogP contribution in [0.5, 0.6) is 0 Å². The third-order valence-electron chi connectivity index (χ3n) is 3.99. The van der Waals surface area contributed by atoms with E-state index >= 15 is 0 Å². The largest absolute Gasteiger partial charge is 0.379 e. The summed E-state index contributed by atoms with van der Waals surface area (Å²) in [5.41, 5.74) is 3.74. The number of benzene rings is 3. The molecule has 1 unspecified atom stereocenters. The zero-order chi connectivity index (χ0) is 17.2. The van der Waals surface area contributed by atoms with Crippen LogP contribution in [0.4, 0.5) is 5.69 Å². The van der Waals surface area contributed by atoms with Crippen molar-refractivity contribution in [2.24, 2.45) is 0 Å². The van der Waals surface area contributed by atoms with Gasteiger partial charge in [-0.25, -0.2) is 0 Å². The van der Waals surface area contributed by atoms with Gasteiger partial charge in [-0.3, -0.25) is 0 Å². The van der Waals surface area contributed by atoms with E-state index in [1.165, 1.54) is 16.8 Å². The Bertz CT molecular complexity index is 752. The summed E-state index contributed by atoms with van der Waals surface area (Å²) in [7, 11) is 0. The smallest absolute Gasteiger partial charge is 0.0482 e. The Morgan fingerprint density at radius 2 is 1.12 bits per heavy atom. The Kier molecular flexibility index (Phi) is 6.24. The molecule has 0 saturated heterocycles. The van der Waals surface area contributed by atoms with Crippen LogP contribution < -0.4 is 5.32 Å². The van der Waals surface area contributed by atoms with Gasteiger partial charge in [0.2, 0.25) is 0 Å². The maximum Gasteiger partial charge on any atom is 0.0482 e. The van der Waals surface area contributed by atoms with Crippen molar-refractivity contribution in [3.8, 4) is 11.1 Å². The fraction of sp³-hybridized carbons (Fsp3) is 0.0833. The molecule has 1 atom stereocenters. The molecule has 0 fully saturated rings. The van der Waals surface area contributed by atoms with Crippen molar-refractivity contribution in [3.05, 3.63) is 115 Å². The highest BCUT2D eigenvalue weighted by Crippen LogP contribution is 2.17. The van der Waals surface area contributed by atoms with Gasteiger partial charge in [-0.1, -0.05) is 103 Å². The first-order chi connectivity index (χ1) is 12.4. The third kappa shape index (κ3) is 5.50. The van der Waals surface area contributed by atoms with Crippen LogP contribution in [0.15, 0.2) is 115 Å². The van der Waals surface area contributed by atoms with Crippen molar-refractivity contribution < 1.29 is 0 Å². The van der Waals surface area contributed by atoms with Crippen molar-refractivity contribution >= 4 is 5.69 Å². The molecular weight excluding hydrogens is 302 g/mol. The molecule has 1 aliphatic carbocycles. The van der Waals surface area contributed by atoms with Crippen LogP contribution >= 0.6 is 0 Å². The number of nitrogens with one attached hydrogen (secondary N) is 1. The van der Waals surface area contributed by atoms with Gasteiger partial charge in [0.25, 0.3) is 0 Å². The fourth-order valence-electron chi connectivity index (χ4n) is 2.70. The Balaban J connectivity index is 0.000000146. The molecule has 0 spiro atoms. The standard InChI is InChI=1S/C12H13N.C12H10/c1-3-7-11(8-4-1)13-12-9-5-2-6-10-12;1-3-7-11(8-4-1)12-9-5-2-6-10-12/h1-9,12-13H,10H2;1-10H. The SMILES string of the molecule is C1=CCC(Nc2ccccc2)C=C1.c1ccc(-c2ccccc2)cc1. The highest BCUT2D eigenvalue weighted by atomic mass is 14.9. The summed E-state index contributed by atoms with van der Waals surface area (Å²) in [6, 6.07) is 31.5. The number of para-hydroxylation sites is 1. The summed E-state index contributed by atoms with van der Waals surface area (Å²) in [6.45, 7) is 0. The second-order valence-corrected chi connectivity index (χ2v) is 5.90. The normalized spacial score (nSPS) is 15.1. The molecule has 1 aliphatic rings. The van der Waals surface area contributed by atoms with Crippen molar-refractivity contribution in [2.45, 2.75) is 12.5 Å². The second kappa shape index (κ2) is 9.29. The van der Waals surface area contributed by atoms with Gasteiger partial charge in [-0.05, 0) is 29.7 Å². The average molecular weight is 325 g/mol. The lowest BCUT2D eigenvalue weighted by Gasteiger charge is -2.16. The molecule has 0 aliphatic heterocycles. The molecule has 124 valence electrons. The van der Waals surface area contributed by atoms with Crippen LogP contribution in [0.2, 0.25) is 0 Å². The van der Waals surface area contributed by atoms with E-state index in [-0.39, 0.29) is 0 Å². The van der Waals surface area contributed by atoms with Gasteiger partial charge in [0.1, 0.15) is 0 Å². The molecule has 25 heavy (non-hydrogen) atoms. The zero-order valence-electron chi connectivity index (χ0n) is 14.3. The lowest BCUT2D eigenvalue weighted by Crippen LogP contribution is -2.16. The first kappa shape index (κ1) is 16.8. The van der Waals surface area contributed by atoms with Crippen LogP contribution in [-0.2, 0) is 0 Å². The van der Waals surface area contributed by atoms with Crippen molar-refractivity contribution in [1.29, 1.82) is 0 Å². The molecule has 1 N–H and O–H groups in total. The average Bonchev–Trinajstić information content (AvgIpc) is 2.71. The summed E-state index contributed by atoms with van der Waals surface area (Å²) >= 11 is 0. The Hall–Kier alpha value is -3.06. The van der Waals surface area contributed by atoms with Crippen LogP contribution in [0.1, 0.15) is 6.42 Å². The monoisotopic (exact) mass is 325 g/mol. The van der Waals surface area contributed by atoms with Crippen molar-refractivity contribution in [2.75, 3.05) is 5.32 Å². The number of rotatable bonds is 3. The van der Waals surface area contributed by atoms with Gasteiger partial charge >= 0.3 is 0 Å². The number of hydrogen-bond acceptors (Lipinski definition) is 1. The first-order valence-electron chi connectivity index (χ1n) is 8.67. The molecular formula is C24H23N. The maximum atomic E-state index is 3.44. The molecule has 0 bridgehead atoms. The van der Waals surface area contributed by atoms with E-state index in [1.807, 2.05) is 30.3 Å². The van der Waals surface area contributed by atoms with E-state index < -0.39 is 0 Å². The lowest BCUT2D eigenvalue weighted by atomic mass is 10.1. The molecule has 0 heterocycles. The molecule has 0 saturated carbocycles. The van der Waals surface area contributed by atoms with Crippen LogP contribution in [0, 0.1) is 0 Å². The van der Waals surface area contributed by atoms with Crippen molar-refractivity contribution in [3.63, 3.8) is 0 Å². The van der Waals surface area contributed by atoms with Gasteiger partial charge in [0, 0.05) is 11.7 Å². The second-order valence-electron chi connectivity index (χ2n) is 5.90. The molecule has 4 rings (SSSR count). The van der Waals surface area contributed by atoms with Crippen LogP contribution in [-0.4, -0.2) is 6.04 Å². The van der Waals surface area contributed by atoms with Crippen LogP contribution in [0.3, 0.4) is 0 Å². The van der Waals surface area contributed by atoms with Gasteiger partial charge in [-0.2, -0.15) is 0 Å². The van der Waals surface area contributed by atoms with E-state index in [0.29, 0.717) is 6.04 Å². The van der Waals surface area contributed by atoms with E-state index in [4.69, 9.17) is 0 Å². The summed E-state index contributed by atoms with van der Waals surface area (Å²) in [5.74, 6) is 0. The highest BCUT2D eigenvalue weighted by molar-refractivity contribution is 5.62. The summed E-state index contributed by atoms with van der Waals surface area (Å²) in [4.78, 5) is 0. The molecule has 3 aromatic carbocycles. The molecule has 3 aromatic rings. The molecule has 0 aromatic heterocycles. The minimum Gasteiger partial charge on any atom is -0.379 e. The molecule has 1 nitrogen and oxygen atoms in total. The van der Waals surface area contributed by atoms with E-state index in [2.05, 4.69) is 90.3 Å². The summed E-state index contributed by atoms with van der Waals surface area (Å²) < 4.78 is 0. The number of anilines is 1. The quantitative estimate of drug-likeness (QED) is 0.592. The summed E-state index contributed by atoms with van der Waals surface area (Å²) in [5, 5.41) is 3.44. The Morgan fingerprint density at radius 3 is 1.60 bits per heavy atom. The predicted molar refractivity (Wildman–Crippen MR) is 109 cm³/mol. The van der Waals surface area contributed by atoms with Gasteiger partial charge in [0.15, 0.2) is 0 Å². The Morgan fingerprint density at radius 1 is 0.600 bits per heavy atom. The lowest BCUT2D eigenvalue weighted by molar-refractivity contribution is 0.883. The van der Waals surface area contributed by atoms with E-state index in [1.54, 1.807) is 0 Å². The first-order valence-corrected chi connectivity index (χ1v) is 8.67. The Labute approximate surface area is 150 Å². The summed E-state index contributed by atoms with van der Waals surface area (Å²) in [6.07, 6.45) is 9.62. The van der Waals surface area contributed by atoms with Crippen molar-refractivity contribution in [1.82, 2.24) is 0 Å². The van der Waals surface area contributed by atoms with Gasteiger partial charge in [-0.15, -0.1) is 0 Å². The van der Waals surface area contributed by atoms with E-state index in [9.17, 15) is 0 Å². The van der Waals surface area contributed by atoms with Gasteiger partial charge in [0.05, 0.1) is 0 Å². The maximum absolute atomic E-state index is 3.44. The van der Waals surface area contributed by atoms with Crippen LogP contribution in [0.25, 0.3) is 11.1 Å². The highest BCUT2D eigenvalue weighted by Gasteiger charge is 2.03. The predicted octanol–water partition coefficient (Wildman–Crippen LogP) is 6.34. The fourth-order valence-corrected chi connectivity index (χ4v) is 2.70. The number of hydrogen-bond donors (Lipinski definition) is 1. The minimum atomic E-state index is 0.451. The zero-order valence-corrected chi connectivity index (χ0v) is 14.3. The molecule has 0 radical (unpaired) electrons. The third-order valence-corrected chi connectivity index (χ3v) is 3.99.